The summed E-state index contributed by atoms with van der Waals surface area (Å²) in [5, 5.41) is 0. The van der Waals surface area contributed by atoms with Gasteiger partial charge in [0.1, 0.15) is 0 Å². The molecular weight excluding hydrogens is 504 g/mol. The highest BCUT2D eigenvalue weighted by Gasteiger charge is 2.40. The van der Waals surface area contributed by atoms with Crippen molar-refractivity contribution in [1.29, 1.82) is 0 Å². The zero-order chi connectivity index (χ0) is 29.0. The molecule has 0 fully saturated rings. The highest BCUT2D eigenvalue weighted by molar-refractivity contribution is 5.71. The fraction of sp³-hybridized carbons (Fsp3) is 0.286. The zero-order valence-electron chi connectivity index (χ0n) is 26.1. The topological polar surface area (TPSA) is 0 Å². The molecule has 0 aromatic heterocycles. The average molecular weight is 545 g/mol. The molecule has 3 aliphatic carbocycles. The van der Waals surface area contributed by atoms with E-state index in [1.54, 1.807) is 27.8 Å². The van der Waals surface area contributed by atoms with Crippen molar-refractivity contribution in [3.63, 3.8) is 0 Å². The Morgan fingerprint density at radius 1 is 0.357 bits per heavy atom. The van der Waals surface area contributed by atoms with Gasteiger partial charge in [-0.05, 0) is 173 Å². The molecule has 0 saturated carbocycles. The predicted octanol–water partition coefficient (Wildman–Crippen LogP) is 9.92. The number of benzene rings is 5. The van der Waals surface area contributed by atoms with Crippen LogP contribution in [0.4, 0.5) is 0 Å². The standard InChI is InChI=1S/C42H40/c1-22-23(2)25(4)38-35(24(22)3)20-31-15-12-16-32-21-36-28(7)37(26(5)27(6)39(36)42(38)40(31)32)41-33-17-10-8-13-29(33)19-30-14-9-11-18-34(30)41/h8-18,41-42H,19-21H2,1-7H3. The van der Waals surface area contributed by atoms with E-state index in [0.29, 0.717) is 5.92 Å². The lowest BCUT2D eigenvalue weighted by molar-refractivity contribution is 0.784. The van der Waals surface area contributed by atoms with Crippen molar-refractivity contribution in [2.24, 2.45) is 0 Å². The van der Waals surface area contributed by atoms with Crippen LogP contribution in [0.3, 0.4) is 0 Å². The summed E-state index contributed by atoms with van der Waals surface area (Å²) < 4.78 is 0. The third-order valence-corrected chi connectivity index (χ3v) is 11.7. The van der Waals surface area contributed by atoms with Crippen LogP contribution < -0.4 is 0 Å². The molecule has 1 unspecified atom stereocenters. The van der Waals surface area contributed by atoms with Gasteiger partial charge in [0.25, 0.3) is 0 Å². The van der Waals surface area contributed by atoms with Gasteiger partial charge in [0.05, 0.1) is 0 Å². The summed E-state index contributed by atoms with van der Waals surface area (Å²) in [6.07, 6.45) is 3.11. The predicted molar refractivity (Wildman–Crippen MR) is 176 cm³/mol. The normalized spacial score (nSPS) is 16.3. The van der Waals surface area contributed by atoms with Gasteiger partial charge in [0.2, 0.25) is 0 Å². The molecule has 0 saturated heterocycles. The summed E-state index contributed by atoms with van der Waals surface area (Å²) >= 11 is 0. The van der Waals surface area contributed by atoms with Crippen molar-refractivity contribution in [1.82, 2.24) is 0 Å². The van der Waals surface area contributed by atoms with E-state index in [1.807, 2.05) is 0 Å². The summed E-state index contributed by atoms with van der Waals surface area (Å²) in [4.78, 5) is 0. The van der Waals surface area contributed by atoms with E-state index in [-0.39, 0.29) is 5.92 Å². The van der Waals surface area contributed by atoms with E-state index in [0.717, 1.165) is 19.3 Å². The molecule has 0 heteroatoms. The van der Waals surface area contributed by atoms with Gasteiger partial charge in [-0.2, -0.15) is 0 Å². The first kappa shape index (κ1) is 25.8. The van der Waals surface area contributed by atoms with Crippen molar-refractivity contribution in [3.8, 4) is 0 Å². The third-order valence-electron chi connectivity index (χ3n) is 11.7. The van der Waals surface area contributed by atoms with E-state index < -0.39 is 0 Å². The second kappa shape index (κ2) is 9.05. The lowest BCUT2D eigenvalue weighted by Gasteiger charge is -2.41. The molecule has 0 radical (unpaired) electrons. The summed E-state index contributed by atoms with van der Waals surface area (Å²) in [5.41, 5.74) is 28.9. The van der Waals surface area contributed by atoms with Crippen LogP contribution in [0.1, 0.15) is 118 Å². The first-order valence-electron chi connectivity index (χ1n) is 15.8. The molecule has 0 spiro atoms. The van der Waals surface area contributed by atoms with Gasteiger partial charge in [-0.1, -0.05) is 66.7 Å². The zero-order valence-corrected chi connectivity index (χ0v) is 26.1. The van der Waals surface area contributed by atoms with Gasteiger partial charge < -0.3 is 0 Å². The Morgan fingerprint density at radius 2 is 0.810 bits per heavy atom. The summed E-state index contributed by atoms with van der Waals surface area (Å²) in [6.45, 7) is 16.7. The van der Waals surface area contributed by atoms with E-state index >= 15 is 0 Å². The maximum atomic E-state index is 2.44. The third kappa shape index (κ3) is 3.30. The molecule has 8 rings (SSSR count). The smallest absolute Gasteiger partial charge is 0.0357 e. The van der Waals surface area contributed by atoms with Crippen LogP contribution in [0.25, 0.3) is 0 Å². The lowest BCUT2D eigenvalue weighted by atomic mass is 9.62. The Balaban J connectivity index is 1.45. The molecule has 0 amide bonds. The Morgan fingerprint density at radius 3 is 1.40 bits per heavy atom. The Labute approximate surface area is 251 Å². The van der Waals surface area contributed by atoms with Gasteiger partial charge in [0.15, 0.2) is 0 Å². The SMILES string of the molecule is Cc1c(C)c(C)c2c(c1C)Cc1cccc3c1C2c1c(C)c(C)c(C2c4ccccc4Cc4ccccc42)c(C)c1C3. The minimum absolute atomic E-state index is 0.274. The largest absolute Gasteiger partial charge is 0.0620 e. The lowest BCUT2D eigenvalue weighted by Crippen LogP contribution is -2.27. The quantitative estimate of drug-likeness (QED) is 0.193. The second-order valence-corrected chi connectivity index (χ2v) is 13.4. The van der Waals surface area contributed by atoms with Crippen LogP contribution in [-0.4, -0.2) is 0 Å². The monoisotopic (exact) mass is 544 g/mol. The van der Waals surface area contributed by atoms with Crippen LogP contribution in [0.2, 0.25) is 0 Å². The maximum absolute atomic E-state index is 2.44. The Kier molecular flexibility index (Phi) is 5.55. The molecule has 42 heavy (non-hydrogen) atoms. The molecule has 0 bridgehead atoms. The van der Waals surface area contributed by atoms with Crippen LogP contribution in [-0.2, 0) is 19.3 Å². The van der Waals surface area contributed by atoms with Crippen molar-refractivity contribution in [3.05, 3.63) is 172 Å². The molecular formula is C42H40. The highest BCUT2D eigenvalue weighted by Crippen LogP contribution is 2.54. The second-order valence-electron chi connectivity index (χ2n) is 13.4. The summed E-state index contributed by atoms with van der Waals surface area (Å²) in [5.74, 6) is 0.592. The van der Waals surface area contributed by atoms with Crippen LogP contribution in [0.5, 0.6) is 0 Å². The van der Waals surface area contributed by atoms with Crippen molar-refractivity contribution in [2.75, 3.05) is 0 Å². The van der Waals surface area contributed by atoms with E-state index in [2.05, 4.69) is 115 Å². The van der Waals surface area contributed by atoms with E-state index in [1.165, 1.54) is 77.9 Å². The number of hydrogen-bond donors (Lipinski definition) is 0. The van der Waals surface area contributed by atoms with Gasteiger partial charge in [-0.15, -0.1) is 0 Å². The van der Waals surface area contributed by atoms with Crippen molar-refractivity contribution >= 4 is 0 Å². The molecule has 208 valence electrons. The Hall–Kier alpha value is -3.90. The van der Waals surface area contributed by atoms with Gasteiger partial charge in [-0.3, -0.25) is 0 Å². The minimum Gasteiger partial charge on any atom is -0.0620 e. The highest BCUT2D eigenvalue weighted by atomic mass is 14.4. The van der Waals surface area contributed by atoms with Crippen molar-refractivity contribution < 1.29 is 0 Å². The first-order valence-corrected chi connectivity index (χ1v) is 15.8. The molecule has 0 nitrogen and oxygen atoms in total. The van der Waals surface area contributed by atoms with Gasteiger partial charge in [0, 0.05) is 11.8 Å². The number of rotatable bonds is 1. The van der Waals surface area contributed by atoms with E-state index in [4.69, 9.17) is 0 Å². The summed E-state index contributed by atoms with van der Waals surface area (Å²) in [7, 11) is 0. The molecule has 0 aliphatic heterocycles. The molecule has 0 heterocycles. The van der Waals surface area contributed by atoms with Crippen LogP contribution in [0.15, 0.2) is 66.7 Å². The maximum Gasteiger partial charge on any atom is 0.0357 e. The Bertz CT molecular complexity index is 1940. The van der Waals surface area contributed by atoms with Gasteiger partial charge >= 0.3 is 0 Å². The van der Waals surface area contributed by atoms with E-state index in [9.17, 15) is 0 Å². The van der Waals surface area contributed by atoms with Gasteiger partial charge in [-0.25, -0.2) is 0 Å². The van der Waals surface area contributed by atoms with Crippen LogP contribution >= 0.6 is 0 Å². The number of hydrogen-bond acceptors (Lipinski definition) is 0. The number of fused-ring (bicyclic) bond motifs is 6. The molecule has 5 aromatic rings. The molecule has 3 aliphatic rings. The minimum atomic E-state index is 0.274. The molecule has 1 atom stereocenters. The van der Waals surface area contributed by atoms with Crippen molar-refractivity contribution in [2.45, 2.75) is 79.6 Å². The fourth-order valence-electron chi connectivity index (χ4n) is 9.16. The fourth-order valence-corrected chi connectivity index (χ4v) is 9.16. The first-order chi connectivity index (χ1) is 20.3. The molecule has 5 aromatic carbocycles. The average Bonchev–Trinajstić information content (AvgIpc) is 3.01. The van der Waals surface area contributed by atoms with Crippen LogP contribution in [0, 0.1) is 48.5 Å². The molecule has 0 N–H and O–H groups in total. The summed E-state index contributed by atoms with van der Waals surface area (Å²) in [6, 6.07) is 25.5.